The molecule has 6 nitrogen and oxygen atoms in total. The van der Waals surface area contributed by atoms with Gasteiger partial charge in [-0.25, -0.2) is 4.39 Å². The number of nitrogens with zero attached hydrogens (tertiary/aromatic N) is 1. The molecule has 0 aliphatic carbocycles. The smallest absolute Gasteiger partial charge is 0.251 e. The van der Waals surface area contributed by atoms with Gasteiger partial charge in [-0.1, -0.05) is 24.3 Å². The highest BCUT2D eigenvalue weighted by molar-refractivity contribution is 5.94. The molecule has 2 amide bonds. The van der Waals surface area contributed by atoms with E-state index in [-0.39, 0.29) is 36.7 Å². The molecule has 0 atom stereocenters. The Kier molecular flexibility index (Phi) is 7.79. The molecule has 0 aromatic heterocycles. The monoisotopic (exact) mass is 413 g/mol. The van der Waals surface area contributed by atoms with E-state index in [4.69, 9.17) is 0 Å². The predicted molar refractivity (Wildman–Crippen MR) is 114 cm³/mol. The molecule has 1 aliphatic heterocycles. The lowest BCUT2D eigenvalue weighted by Crippen LogP contribution is -2.36. The third-order valence-electron chi connectivity index (χ3n) is 5.21. The molecule has 2 aromatic carbocycles. The summed E-state index contributed by atoms with van der Waals surface area (Å²) in [5, 5.41) is 15.2. The number of carbonyl (C=O) groups is 2. The molecule has 0 spiro atoms. The number of halogens is 1. The van der Waals surface area contributed by atoms with Crippen LogP contribution >= 0.6 is 0 Å². The zero-order valence-electron chi connectivity index (χ0n) is 16.9. The summed E-state index contributed by atoms with van der Waals surface area (Å²) in [6.45, 7) is 1.93. The first-order valence-electron chi connectivity index (χ1n) is 10.3. The summed E-state index contributed by atoms with van der Waals surface area (Å²) in [5.41, 5.74) is 1.82. The number of anilines is 1. The number of aliphatic hydroxyl groups excluding tert-OH is 1. The van der Waals surface area contributed by atoms with Crippen molar-refractivity contribution in [2.24, 2.45) is 0 Å². The van der Waals surface area contributed by atoms with Crippen LogP contribution < -0.4 is 15.5 Å². The van der Waals surface area contributed by atoms with E-state index in [2.05, 4.69) is 10.6 Å². The van der Waals surface area contributed by atoms with Gasteiger partial charge in [0.15, 0.2) is 0 Å². The number of aliphatic hydroxyl groups is 1. The summed E-state index contributed by atoms with van der Waals surface area (Å²) in [6, 6.07) is 13.9. The normalized spacial score (nSPS) is 14.4. The van der Waals surface area contributed by atoms with E-state index >= 15 is 0 Å². The third-order valence-corrected chi connectivity index (χ3v) is 5.21. The molecule has 1 aliphatic rings. The highest BCUT2D eigenvalue weighted by atomic mass is 19.1. The van der Waals surface area contributed by atoms with Gasteiger partial charge in [-0.15, -0.1) is 0 Å². The van der Waals surface area contributed by atoms with Crippen LogP contribution in [0.25, 0.3) is 0 Å². The molecule has 3 N–H and O–H groups in total. The van der Waals surface area contributed by atoms with Gasteiger partial charge in [-0.3, -0.25) is 9.59 Å². The second-order valence-electron chi connectivity index (χ2n) is 7.51. The van der Waals surface area contributed by atoms with Gasteiger partial charge >= 0.3 is 0 Å². The standard InChI is InChI=1S/C23H28FN3O3/c24-20-15-17(8-9-21(20)27-13-10-19(28)11-14-27)16-26-22(29)7-4-12-25-23(30)18-5-2-1-3-6-18/h1-3,5-6,8-9,15,19,28H,4,7,10-14,16H2,(H,25,30)(H,26,29). The molecule has 1 saturated heterocycles. The van der Waals surface area contributed by atoms with Crippen LogP contribution in [0, 0.1) is 5.82 Å². The van der Waals surface area contributed by atoms with Crippen LogP contribution in [-0.2, 0) is 11.3 Å². The van der Waals surface area contributed by atoms with Crippen molar-refractivity contribution in [1.29, 1.82) is 0 Å². The fraction of sp³-hybridized carbons (Fsp3) is 0.391. The fourth-order valence-electron chi connectivity index (χ4n) is 3.46. The number of rotatable bonds is 8. The second-order valence-corrected chi connectivity index (χ2v) is 7.51. The quantitative estimate of drug-likeness (QED) is 0.581. The highest BCUT2D eigenvalue weighted by Gasteiger charge is 2.19. The minimum atomic E-state index is -0.318. The van der Waals surface area contributed by atoms with E-state index in [1.54, 1.807) is 30.3 Å². The molecule has 7 heteroatoms. The van der Waals surface area contributed by atoms with Crippen LogP contribution in [0.15, 0.2) is 48.5 Å². The van der Waals surface area contributed by atoms with E-state index in [1.165, 1.54) is 6.07 Å². The van der Waals surface area contributed by atoms with Crippen LogP contribution in [0.2, 0.25) is 0 Å². The molecule has 1 heterocycles. The van der Waals surface area contributed by atoms with E-state index in [9.17, 15) is 19.1 Å². The Hall–Kier alpha value is -2.93. The molecule has 0 radical (unpaired) electrons. The van der Waals surface area contributed by atoms with Gasteiger partial charge < -0.3 is 20.6 Å². The Morgan fingerprint density at radius 1 is 1.07 bits per heavy atom. The summed E-state index contributed by atoms with van der Waals surface area (Å²) < 4.78 is 14.5. The number of piperidine rings is 1. The summed E-state index contributed by atoms with van der Waals surface area (Å²) >= 11 is 0. The summed E-state index contributed by atoms with van der Waals surface area (Å²) in [5.74, 6) is -0.616. The van der Waals surface area contributed by atoms with Crippen molar-refractivity contribution in [1.82, 2.24) is 10.6 Å². The van der Waals surface area contributed by atoms with Gasteiger partial charge in [0.25, 0.3) is 5.91 Å². The summed E-state index contributed by atoms with van der Waals surface area (Å²) in [4.78, 5) is 25.9. The van der Waals surface area contributed by atoms with Crippen molar-refractivity contribution in [3.05, 3.63) is 65.5 Å². The van der Waals surface area contributed by atoms with Crippen LogP contribution in [0.1, 0.15) is 41.6 Å². The van der Waals surface area contributed by atoms with Crippen LogP contribution in [0.5, 0.6) is 0 Å². The molecule has 0 unspecified atom stereocenters. The van der Waals surface area contributed by atoms with Gasteiger partial charge in [0, 0.05) is 38.2 Å². The molecule has 0 saturated carbocycles. The van der Waals surface area contributed by atoms with E-state index in [0.717, 1.165) is 0 Å². The first kappa shape index (κ1) is 21.8. The number of amides is 2. The summed E-state index contributed by atoms with van der Waals surface area (Å²) in [7, 11) is 0. The first-order chi connectivity index (χ1) is 14.5. The Morgan fingerprint density at radius 2 is 1.80 bits per heavy atom. The first-order valence-corrected chi connectivity index (χ1v) is 10.3. The molecular weight excluding hydrogens is 385 g/mol. The van der Waals surface area contributed by atoms with Gasteiger partial charge in [0.05, 0.1) is 11.8 Å². The third kappa shape index (κ3) is 6.29. The van der Waals surface area contributed by atoms with Crippen LogP contribution in [0.4, 0.5) is 10.1 Å². The van der Waals surface area contributed by atoms with E-state index < -0.39 is 0 Å². The average Bonchev–Trinajstić information content (AvgIpc) is 2.76. The fourth-order valence-corrected chi connectivity index (χ4v) is 3.46. The molecule has 0 bridgehead atoms. The van der Waals surface area contributed by atoms with Crippen molar-refractivity contribution >= 4 is 17.5 Å². The minimum absolute atomic E-state index is 0.140. The van der Waals surface area contributed by atoms with Crippen molar-refractivity contribution in [3.8, 4) is 0 Å². The Bertz CT molecular complexity index is 852. The zero-order chi connectivity index (χ0) is 21.3. The van der Waals surface area contributed by atoms with Crippen LogP contribution in [0.3, 0.4) is 0 Å². The second kappa shape index (κ2) is 10.7. The summed E-state index contributed by atoms with van der Waals surface area (Å²) in [6.07, 6.45) is 1.79. The lowest BCUT2D eigenvalue weighted by Gasteiger charge is -2.31. The van der Waals surface area contributed by atoms with Gasteiger partial charge in [-0.2, -0.15) is 0 Å². The predicted octanol–water partition coefficient (Wildman–Crippen LogP) is 2.61. The van der Waals surface area contributed by atoms with Crippen molar-refractivity contribution in [3.63, 3.8) is 0 Å². The van der Waals surface area contributed by atoms with Gasteiger partial charge in [0.2, 0.25) is 5.91 Å². The molecule has 2 aromatic rings. The van der Waals surface area contributed by atoms with E-state index in [0.29, 0.717) is 55.7 Å². The van der Waals surface area contributed by atoms with Crippen LogP contribution in [-0.4, -0.2) is 42.7 Å². The number of hydrogen-bond donors (Lipinski definition) is 3. The average molecular weight is 413 g/mol. The number of nitrogens with one attached hydrogen (secondary N) is 2. The number of carbonyl (C=O) groups excluding carboxylic acids is 2. The highest BCUT2D eigenvalue weighted by Crippen LogP contribution is 2.24. The van der Waals surface area contributed by atoms with Crippen molar-refractivity contribution in [2.75, 3.05) is 24.5 Å². The van der Waals surface area contributed by atoms with Crippen molar-refractivity contribution < 1.29 is 19.1 Å². The number of benzene rings is 2. The number of hydrogen-bond acceptors (Lipinski definition) is 4. The lowest BCUT2D eigenvalue weighted by atomic mass is 10.1. The van der Waals surface area contributed by atoms with E-state index in [1.807, 2.05) is 17.0 Å². The SMILES string of the molecule is O=C(CCCNC(=O)c1ccccc1)NCc1ccc(N2CCC(O)CC2)c(F)c1. The molecule has 160 valence electrons. The minimum Gasteiger partial charge on any atom is -0.393 e. The largest absolute Gasteiger partial charge is 0.393 e. The van der Waals surface area contributed by atoms with Crippen molar-refractivity contribution in [2.45, 2.75) is 38.3 Å². The topological polar surface area (TPSA) is 81.7 Å². The zero-order valence-corrected chi connectivity index (χ0v) is 16.9. The lowest BCUT2D eigenvalue weighted by molar-refractivity contribution is -0.121. The Labute approximate surface area is 176 Å². The maximum absolute atomic E-state index is 14.5. The molecular formula is C23H28FN3O3. The maximum Gasteiger partial charge on any atom is 0.251 e. The Morgan fingerprint density at radius 3 is 2.50 bits per heavy atom. The van der Waals surface area contributed by atoms with Gasteiger partial charge in [-0.05, 0) is 49.1 Å². The molecule has 3 rings (SSSR count). The Balaban J connectivity index is 1.37. The van der Waals surface area contributed by atoms with Gasteiger partial charge in [0.1, 0.15) is 5.82 Å². The maximum atomic E-state index is 14.5. The molecule has 30 heavy (non-hydrogen) atoms. The molecule has 1 fully saturated rings.